The van der Waals surface area contributed by atoms with Gasteiger partial charge in [0, 0.05) is 11.8 Å². The molecule has 0 atom stereocenters. The lowest BCUT2D eigenvalue weighted by molar-refractivity contribution is -0.276. The number of aryl methyl sites for hydroxylation is 1. The Morgan fingerprint density at radius 1 is 0.800 bits per heavy atom. The first kappa shape index (κ1) is 30.4. The van der Waals surface area contributed by atoms with Crippen molar-refractivity contribution in [3.63, 3.8) is 0 Å². The Labute approximate surface area is 222 Å². The molecule has 3 aromatic carbocycles. The van der Waals surface area contributed by atoms with Crippen LogP contribution >= 0.6 is 0 Å². The third kappa shape index (κ3) is 8.43. The fourth-order valence-electron chi connectivity index (χ4n) is 3.19. The second kappa shape index (κ2) is 11.2. The number of alkyl halides is 6. The van der Waals surface area contributed by atoms with Gasteiger partial charge in [0.05, 0.1) is 0 Å². The zero-order valence-electron chi connectivity index (χ0n) is 20.6. The third-order valence-corrected chi connectivity index (χ3v) is 4.67. The average molecular weight is 577 g/mol. The van der Waals surface area contributed by atoms with Crippen LogP contribution < -0.4 is 24.3 Å². The SMILES string of the molecule is BC(B)(O)Oc1cc(OC(F)(F)F)ccc1Oc1ccc(OC(F)(F)F)c(F)c1C(=O)Nc1ccc(F)c(C)c1. The number of rotatable bonds is 8. The van der Waals surface area contributed by atoms with Gasteiger partial charge in [-0.25, -0.2) is 8.78 Å². The van der Waals surface area contributed by atoms with Gasteiger partial charge < -0.3 is 29.4 Å². The number of carbonyl (C=O) groups excluding carboxylic acids is 1. The van der Waals surface area contributed by atoms with Crippen LogP contribution in [0, 0.1) is 18.6 Å². The summed E-state index contributed by atoms with van der Waals surface area (Å²) in [5, 5.41) is 12.2. The molecule has 2 N–H and O–H groups in total. The second-order valence-electron chi connectivity index (χ2n) is 8.52. The van der Waals surface area contributed by atoms with Crippen LogP contribution in [0.15, 0.2) is 48.5 Å². The average Bonchev–Trinajstić information content (AvgIpc) is 2.77. The highest BCUT2D eigenvalue weighted by molar-refractivity contribution is 6.37. The number of carbonyl (C=O) groups is 1. The van der Waals surface area contributed by atoms with E-state index in [1.54, 1.807) is 0 Å². The van der Waals surface area contributed by atoms with Gasteiger partial charge in [-0.3, -0.25) is 4.79 Å². The molecule has 40 heavy (non-hydrogen) atoms. The second-order valence-corrected chi connectivity index (χ2v) is 8.52. The van der Waals surface area contributed by atoms with Gasteiger partial charge >= 0.3 is 12.7 Å². The highest BCUT2D eigenvalue weighted by Gasteiger charge is 2.35. The van der Waals surface area contributed by atoms with Crippen molar-refractivity contribution in [3.05, 3.63) is 71.3 Å². The molecular formula is C23H17B2F8NO6. The fraction of sp³-hybridized carbons (Fsp3) is 0.174. The Balaban J connectivity index is 2.10. The van der Waals surface area contributed by atoms with E-state index in [4.69, 9.17) is 9.47 Å². The van der Waals surface area contributed by atoms with Crippen molar-refractivity contribution >= 4 is 27.3 Å². The summed E-state index contributed by atoms with van der Waals surface area (Å²) in [6.45, 7) is 1.36. The topological polar surface area (TPSA) is 86.2 Å². The molecule has 0 aliphatic rings. The summed E-state index contributed by atoms with van der Waals surface area (Å²) in [5.41, 5.74) is -3.09. The Bertz CT molecular complexity index is 1410. The minimum atomic E-state index is -5.34. The standard InChI is InChI=1S/C23H17B2F8NO6/c1-10-8-11(2-4-13(10)26)34-20(35)18-15(6-7-16(19(18)27)40-23(31,32)33)37-14-5-3-12(38-22(28,29)30)9-17(14)39-21(24,25)36/h2-9,36H,24-25H2,1H3,(H,34,35). The predicted molar refractivity (Wildman–Crippen MR) is 128 cm³/mol. The smallest absolute Gasteiger partial charge is 0.476 e. The predicted octanol–water partition coefficient (Wildman–Crippen LogP) is 4.36. The third-order valence-electron chi connectivity index (χ3n) is 4.67. The summed E-state index contributed by atoms with van der Waals surface area (Å²) < 4.78 is 123. The Kier molecular flexibility index (Phi) is 8.48. The van der Waals surface area contributed by atoms with Crippen molar-refractivity contribution in [3.8, 4) is 28.7 Å². The molecule has 1 amide bonds. The maximum absolute atomic E-state index is 15.2. The lowest BCUT2D eigenvalue weighted by atomic mass is 9.76. The summed E-state index contributed by atoms with van der Waals surface area (Å²) in [6, 6.07) is 6.74. The molecule has 0 aromatic heterocycles. The van der Waals surface area contributed by atoms with E-state index in [2.05, 4.69) is 14.8 Å². The molecule has 0 spiro atoms. The molecule has 0 unspecified atom stereocenters. The minimum Gasteiger partial charge on any atom is -0.476 e. The first-order valence-corrected chi connectivity index (χ1v) is 11.0. The quantitative estimate of drug-likeness (QED) is 0.235. The molecule has 0 saturated heterocycles. The summed E-state index contributed by atoms with van der Waals surface area (Å²) in [6.07, 6.45) is -10.4. The first-order valence-electron chi connectivity index (χ1n) is 11.0. The molecule has 212 valence electrons. The van der Waals surface area contributed by atoms with Crippen LogP contribution in [0.25, 0.3) is 0 Å². The van der Waals surface area contributed by atoms with Gasteiger partial charge in [0.15, 0.2) is 38.8 Å². The van der Waals surface area contributed by atoms with Crippen LogP contribution in [0.5, 0.6) is 28.7 Å². The van der Waals surface area contributed by atoms with E-state index < -0.39 is 70.2 Å². The lowest BCUT2D eigenvalue weighted by Gasteiger charge is -2.23. The van der Waals surface area contributed by atoms with E-state index >= 15 is 4.39 Å². The van der Waals surface area contributed by atoms with E-state index in [0.717, 1.165) is 52.1 Å². The van der Waals surface area contributed by atoms with Gasteiger partial charge in [-0.05, 0) is 55.0 Å². The Morgan fingerprint density at radius 2 is 1.40 bits per heavy atom. The van der Waals surface area contributed by atoms with Crippen molar-refractivity contribution in [1.82, 2.24) is 0 Å². The largest absolute Gasteiger partial charge is 0.573 e. The monoisotopic (exact) mass is 577 g/mol. The number of ether oxygens (including phenoxy) is 4. The van der Waals surface area contributed by atoms with Crippen molar-refractivity contribution in [1.29, 1.82) is 0 Å². The summed E-state index contributed by atoms with van der Waals surface area (Å²) in [5.74, 6) is -7.80. The summed E-state index contributed by atoms with van der Waals surface area (Å²) in [4.78, 5) is 13.0. The number of benzene rings is 3. The van der Waals surface area contributed by atoms with Crippen molar-refractivity contribution in [2.24, 2.45) is 0 Å². The van der Waals surface area contributed by atoms with Gasteiger partial charge in [0.1, 0.15) is 28.5 Å². The molecule has 17 heteroatoms. The Morgan fingerprint density at radius 3 is 1.98 bits per heavy atom. The molecule has 0 heterocycles. The van der Waals surface area contributed by atoms with Gasteiger partial charge in [0.25, 0.3) is 5.91 Å². The molecule has 0 radical (unpaired) electrons. The fourth-order valence-corrected chi connectivity index (χ4v) is 3.19. The molecule has 0 aliphatic carbocycles. The number of hydrogen-bond donors (Lipinski definition) is 2. The molecular weight excluding hydrogens is 560 g/mol. The van der Waals surface area contributed by atoms with E-state index in [1.165, 1.54) is 6.92 Å². The molecule has 0 fully saturated rings. The number of anilines is 1. The molecule has 0 bridgehead atoms. The van der Waals surface area contributed by atoms with Gasteiger partial charge in [0.2, 0.25) is 0 Å². The molecule has 7 nitrogen and oxygen atoms in total. The number of aliphatic hydroxyl groups is 1. The molecule has 3 aromatic rings. The summed E-state index contributed by atoms with van der Waals surface area (Å²) >= 11 is 0. The highest BCUT2D eigenvalue weighted by atomic mass is 19.4. The minimum absolute atomic E-state index is 0.0592. The van der Waals surface area contributed by atoms with E-state index in [9.17, 15) is 40.6 Å². The van der Waals surface area contributed by atoms with E-state index in [1.807, 2.05) is 0 Å². The van der Waals surface area contributed by atoms with Crippen molar-refractivity contribution < 1.29 is 64.0 Å². The Hall–Kier alpha value is -4.14. The maximum Gasteiger partial charge on any atom is 0.573 e. The van der Waals surface area contributed by atoms with E-state index in [-0.39, 0.29) is 11.3 Å². The van der Waals surface area contributed by atoms with E-state index in [0.29, 0.717) is 12.1 Å². The van der Waals surface area contributed by atoms with Crippen molar-refractivity contribution in [2.75, 3.05) is 5.32 Å². The molecule has 0 aliphatic heterocycles. The first-order chi connectivity index (χ1) is 18.3. The van der Waals surface area contributed by atoms with Crippen molar-refractivity contribution in [2.45, 2.75) is 25.2 Å². The van der Waals surface area contributed by atoms with Crippen LogP contribution in [0.3, 0.4) is 0 Å². The zero-order chi connectivity index (χ0) is 30.0. The summed E-state index contributed by atoms with van der Waals surface area (Å²) in [7, 11) is 2.22. The number of amides is 1. The maximum atomic E-state index is 15.2. The van der Waals surface area contributed by atoms with Gasteiger partial charge in [-0.2, -0.15) is 0 Å². The molecule has 0 saturated carbocycles. The normalized spacial score (nSPS) is 12.1. The van der Waals surface area contributed by atoms with Gasteiger partial charge in [-0.1, -0.05) is 0 Å². The molecule has 3 rings (SSSR count). The van der Waals surface area contributed by atoms with Crippen LogP contribution in [-0.2, 0) is 0 Å². The lowest BCUT2D eigenvalue weighted by Crippen LogP contribution is -2.36. The van der Waals surface area contributed by atoms with Crippen LogP contribution in [0.4, 0.5) is 40.8 Å². The zero-order valence-corrected chi connectivity index (χ0v) is 20.6. The van der Waals surface area contributed by atoms with Gasteiger partial charge in [-0.15, -0.1) is 26.3 Å². The van der Waals surface area contributed by atoms with Crippen LogP contribution in [0.2, 0.25) is 0 Å². The highest BCUT2D eigenvalue weighted by Crippen LogP contribution is 2.41. The number of nitrogens with one attached hydrogen (secondary N) is 1. The van der Waals surface area contributed by atoms with Crippen LogP contribution in [0.1, 0.15) is 15.9 Å². The number of hydrogen-bond acceptors (Lipinski definition) is 6. The van der Waals surface area contributed by atoms with Crippen LogP contribution in [-0.4, -0.2) is 45.0 Å². The number of halogens is 8.